The lowest BCUT2D eigenvalue weighted by atomic mass is 10.0. The summed E-state index contributed by atoms with van der Waals surface area (Å²) in [6.45, 7) is 6.01. The molecule has 2 rings (SSSR count). The van der Waals surface area contributed by atoms with Crippen LogP contribution in [0.15, 0.2) is 60.7 Å². The molecule has 0 aliphatic rings. The fourth-order valence-electron chi connectivity index (χ4n) is 5.29. The Hall–Kier alpha value is -1.49. The van der Waals surface area contributed by atoms with E-state index in [1.165, 1.54) is 96.0 Å². The van der Waals surface area contributed by atoms with E-state index in [2.05, 4.69) is 67.3 Å². The minimum Gasteiger partial charge on any atom is -0.290 e. The summed E-state index contributed by atoms with van der Waals surface area (Å²) >= 11 is 0. The summed E-state index contributed by atoms with van der Waals surface area (Å²) in [5.41, 5.74) is 2.48. The molecule has 0 aliphatic carbocycles. The summed E-state index contributed by atoms with van der Waals surface area (Å²) < 4.78 is 29.6. The molecule has 0 N–H and O–H groups in total. The maximum atomic E-state index is 13.1. The van der Waals surface area contributed by atoms with Crippen molar-refractivity contribution in [2.45, 2.75) is 129 Å². The molecule has 0 aliphatic heterocycles. The number of rotatable bonds is 24. The fraction of sp³-hybridized carbons (Fsp3) is 0.647. The fourth-order valence-corrected chi connectivity index (χ4v) is 6.22. The van der Waals surface area contributed by atoms with Crippen LogP contribution >= 0.6 is 7.82 Å². The number of hydrogen-bond donors (Lipinski definition) is 0. The van der Waals surface area contributed by atoms with E-state index in [-0.39, 0.29) is 12.1 Å². The maximum Gasteiger partial charge on any atom is 0.474 e. The number of nitrogens with zero attached hydrogens (tertiary/aromatic N) is 1. The highest BCUT2D eigenvalue weighted by molar-refractivity contribution is 7.48. The third-order valence-corrected chi connectivity index (χ3v) is 9.30. The smallest absolute Gasteiger partial charge is 0.290 e. The SMILES string of the molecule is CCCCCCCCCCCCCCC[C@@H](OP(=O)(OC)OC)[C@H](C)N(Cc1ccccc1)Cc1ccccc1. The first-order chi connectivity index (χ1) is 19.5. The van der Waals surface area contributed by atoms with Gasteiger partial charge < -0.3 is 0 Å². The Balaban J connectivity index is 1.91. The zero-order chi connectivity index (χ0) is 28.9. The van der Waals surface area contributed by atoms with Crippen molar-refractivity contribution in [1.82, 2.24) is 4.90 Å². The Labute approximate surface area is 245 Å². The third kappa shape index (κ3) is 14.4. The Morgan fingerprint density at radius 3 is 1.45 bits per heavy atom. The lowest BCUT2D eigenvalue weighted by Gasteiger charge is -2.35. The van der Waals surface area contributed by atoms with Crippen molar-refractivity contribution in [2.75, 3.05) is 14.2 Å². The Morgan fingerprint density at radius 2 is 1.05 bits per heavy atom. The average molecular weight is 574 g/mol. The number of phosphoric acid groups is 1. The van der Waals surface area contributed by atoms with Crippen LogP contribution in [0.3, 0.4) is 0 Å². The second-order valence-corrected chi connectivity index (χ2v) is 12.9. The first-order valence-electron chi connectivity index (χ1n) is 15.7. The van der Waals surface area contributed by atoms with Gasteiger partial charge in [0.15, 0.2) is 0 Å². The Morgan fingerprint density at radius 1 is 0.650 bits per heavy atom. The molecule has 0 aromatic heterocycles. The monoisotopic (exact) mass is 573 g/mol. The van der Waals surface area contributed by atoms with Crippen LogP contribution < -0.4 is 0 Å². The van der Waals surface area contributed by atoms with Gasteiger partial charge in [0.25, 0.3) is 0 Å². The average Bonchev–Trinajstić information content (AvgIpc) is 2.99. The van der Waals surface area contributed by atoms with Crippen molar-refractivity contribution >= 4 is 7.82 Å². The summed E-state index contributed by atoms with van der Waals surface area (Å²) in [6, 6.07) is 21.0. The molecule has 2 aromatic rings. The van der Waals surface area contributed by atoms with Crippen molar-refractivity contribution in [3.8, 4) is 0 Å². The second-order valence-electron chi connectivity index (χ2n) is 11.1. The molecule has 0 amide bonds. The van der Waals surface area contributed by atoms with E-state index >= 15 is 0 Å². The van der Waals surface area contributed by atoms with Crippen LogP contribution in [0.5, 0.6) is 0 Å². The highest BCUT2D eigenvalue weighted by Crippen LogP contribution is 2.50. The van der Waals surface area contributed by atoms with E-state index in [0.717, 1.165) is 32.4 Å². The topological polar surface area (TPSA) is 48.0 Å². The summed E-state index contributed by atoms with van der Waals surface area (Å²) in [5, 5.41) is 0. The van der Waals surface area contributed by atoms with Gasteiger partial charge in [-0.15, -0.1) is 0 Å². The summed E-state index contributed by atoms with van der Waals surface area (Å²) in [4.78, 5) is 2.41. The minimum absolute atomic E-state index is 0.0105. The van der Waals surface area contributed by atoms with Gasteiger partial charge >= 0.3 is 7.82 Å². The number of phosphoric ester groups is 1. The van der Waals surface area contributed by atoms with Crippen LogP contribution in [0.2, 0.25) is 0 Å². The molecule has 2 aromatic carbocycles. The van der Waals surface area contributed by atoms with E-state index in [4.69, 9.17) is 13.6 Å². The molecule has 2 atom stereocenters. The molecule has 0 heterocycles. The highest BCUT2D eigenvalue weighted by atomic mass is 31.2. The molecule has 0 spiro atoms. The molecular formula is C34H56NO4P. The van der Waals surface area contributed by atoms with Crippen LogP contribution in [0.25, 0.3) is 0 Å². The van der Waals surface area contributed by atoms with Gasteiger partial charge in [-0.2, -0.15) is 0 Å². The molecule has 40 heavy (non-hydrogen) atoms. The van der Waals surface area contributed by atoms with E-state index in [0.29, 0.717) is 0 Å². The molecule has 0 saturated heterocycles. The van der Waals surface area contributed by atoms with Gasteiger partial charge in [-0.25, -0.2) is 4.57 Å². The maximum absolute atomic E-state index is 13.1. The molecule has 0 saturated carbocycles. The normalized spacial score (nSPS) is 13.5. The van der Waals surface area contributed by atoms with Crippen LogP contribution in [-0.2, 0) is 31.2 Å². The first-order valence-corrected chi connectivity index (χ1v) is 17.2. The number of unbranched alkanes of at least 4 members (excludes halogenated alkanes) is 12. The van der Waals surface area contributed by atoms with Crippen LogP contribution in [0, 0.1) is 0 Å². The van der Waals surface area contributed by atoms with Gasteiger partial charge in [-0.1, -0.05) is 151 Å². The second kappa shape index (κ2) is 21.2. The predicted molar refractivity (Wildman–Crippen MR) is 168 cm³/mol. The standard InChI is InChI=1S/C34H56NO4P/c1-5-6-7-8-9-10-11-12-13-14-15-16-23-28-34(39-40(36,37-3)38-4)31(2)35(29-32-24-19-17-20-25-32)30-33-26-21-18-22-27-33/h17-22,24-27,31,34H,5-16,23,28-30H2,1-4H3/t31-,34+/m0/s1. The van der Waals surface area contributed by atoms with Crippen LogP contribution in [-0.4, -0.2) is 31.3 Å². The van der Waals surface area contributed by atoms with Crippen LogP contribution in [0.1, 0.15) is 115 Å². The summed E-state index contributed by atoms with van der Waals surface area (Å²) in [6.07, 6.45) is 17.6. The lowest BCUT2D eigenvalue weighted by molar-refractivity contribution is 0.0280. The zero-order valence-electron chi connectivity index (χ0n) is 25.8. The third-order valence-electron chi connectivity index (χ3n) is 7.87. The zero-order valence-corrected chi connectivity index (χ0v) is 26.7. The van der Waals surface area contributed by atoms with E-state index in [9.17, 15) is 4.57 Å². The molecule has 0 unspecified atom stereocenters. The number of benzene rings is 2. The molecule has 0 radical (unpaired) electrons. The molecular weight excluding hydrogens is 517 g/mol. The minimum atomic E-state index is -3.61. The van der Waals surface area contributed by atoms with Gasteiger partial charge in [0.05, 0.1) is 6.10 Å². The van der Waals surface area contributed by atoms with Crippen molar-refractivity contribution in [3.63, 3.8) is 0 Å². The summed E-state index contributed by atoms with van der Waals surface area (Å²) in [7, 11) is -0.825. The molecule has 0 bridgehead atoms. The quantitative estimate of drug-likeness (QED) is 0.0923. The molecule has 226 valence electrons. The van der Waals surface area contributed by atoms with Gasteiger partial charge in [-0.05, 0) is 24.5 Å². The van der Waals surface area contributed by atoms with E-state index in [1.54, 1.807) is 0 Å². The van der Waals surface area contributed by atoms with Gasteiger partial charge in [-0.3, -0.25) is 18.5 Å². The molecule has 5 nitrogen and oxygen atoms in total. The van der Waals surface area contributed by atoms with Gasteiger partial charge in [0.1, 0.15) is 0 Å². The first kappa shape index (κ1) is 34.7. The van der Waals surface area contributed by atoms with Crippen molar-refractivity contribution in [2.24, 2.45) is 0 Å². The highest BCUT2D eigenvalue weighted by Gasteiger charge is 2.33. The Bertz CT molecular complexity index is 861. The van der Waals surface area contributed by atoms with Crippen molar-refractivity contribution < 1.29 is 18.1 Å². The predicted octanol–water partition coefficient (Wildman–Crippen LogP) is 10.3. The van der Waals surface area contributed by atoms with Gasteiger partial charge in [0.2, 0.25) is 0 Å². The van der Waals surface area contributed by atoms with Crippen LogP contribution in [0.4, 0.5) is 0 Å². The van der Waals surface area contributed by atoms with Crippen molar-refractivity contribution in [3.05, 3.63) is 71.8 Å². The van der Waals surface area contributed by atoms with E-state index in [1.807, 2.05) is 12.1 Å². The largest absolute Gasteiger partial charge is 0.474 e. The van der Waals surface area contributed by atoms with Crippen molar-refractivity contribution in [1.29, 1.82) is 0 Å². The summed E-state index contributed by atoms with van der Waals surface area (Å²) in [5.74, 6) is 0. The molecule has 0 fully saturated rings. The van der Waals surface area contributed by atoms with E-state index < -0.39 is 7.82 Å². The lowest BCUT2D eigenvalue weighted by Crippen LogP contribution is -2.42. The molecule has 6 heteroatoms. The Kier molecular flexibility index (Phi) is 18.4. The number of hydrogen-bond acceptors (Lipinski definition) is 5. The van der Waals surface area contributed by atoms with Gasteiger partial charge in [0, 0.05) is 33.4 Å².